The summed E-state index contributed by atoms with van der Waals surface area (Å²) in [6, 6.07) is 11.1. The molecule has 2 aromatic carbocycles. The molecule has 7 nitrogen and oxygen atoms in total. The van der Waals surface area contributed by atoms with E-state index >= 15 is 0 Å². The van der Waals surface area contributed by atoms with E-state index in [1.54, 1.807) is 24.3 Å². The molecule has 10 heteroatoms. The van der Waals surface area contributed by atoms with Crippen molar-refractivity contribution < 1.29 is 13.2 Å². The summed E-state index contributed by atoms with van der Waals surface area (Å²) in [7, 11) is -3.94. The van der Waals surface area contributed by atoms with Gasteiger partial charge in [0.15, 0.2) is 0 Å². The van der Waals surface area contributed by atoms with E-state index in [1.807, 2.05) is 0 Å². The molecule has 0 bridgehead atoms. The van der Waals surface area contributed by atoms with E-state index in [0.29, 0.717) is 17.5 Å². The number of aromatic nitrogens is 2. The van der Waals surface area contributed by atoms with Crippen molar-refractivity contribution in [2.75, 3.05) is 13.2 Å². The van der Waals surface area contributed by atoms with Gasteiger partial charge in [0.1, 0.15) is 5.82 Å². The highest BCUT2D eigenvalue weighted by atomic mass is 35.5. The molecule has 1 aliphatic rings. The summed E-state index contributed by atoms with van der Waals surface area (Å²) in [5, 5.41) is 0.855. The number of sulfonamides is 1. The van der Waals surface area contributed by atoms with E-state index in [9.17, 15) is 13.2 Å². The van der Waals surface area contributed by atoms with Crippen LogP contribution in [0.2, 0.25) is 10.0 Å². The highest BCUT2D eigenvalue weighted by Gasteiger charge is 2.30. The van der Waals surface area contributed by atoms with Crippen molar-refractivity contribution in [2.24, 2.45) is 0 Å². The van der Waals surface area contributed by atoms with Gasteiger partial charge in [-0.15, -0.1) is 0 Å². The van der Waals surface area contributed by atoms with Gasteiger partial charge < -0.3 is 9.72 Å². The van der Waals surface area contributed by atoms with Gasteiger partial charge in [-0.05, 0) is 43.2 Å². The van der Waals surface area contributed by atoms with Gasteiger partial charge in [0, 0.05) is 13.2 Å². The molecule has 1 unspecified atom stereocenters. The molecule has 158 valence electrons. The van der Waals surface area contributed by atoms with Crippen LogP contribution >= 0.6 is 23.2 Å². The third kappa shape index (κ3) is 4.38. The van der Waals surface area contributed by atoms with Crippen molar-refractivity contribution in [1.82, 2.24) is 14.3 Å². The van der Waals surface area contributed by atoms with Gasteiger partial charge >= 0.3 is 0 Å². The monoisotopic (exact) mass is 467 g/mol. The van der Waals surface area contributed by atoms with Crippen molar-refractivity contribution in [3.63, 3.8) is 0 Å². The molecule has 0 spiro atoms. The number of rotatable bonds is 6. The van der Waals surface area contributed by atoms with E-state index in [0.717, 1.165) is 12.8 Å². The molecule has 1 N–H and O–H groups in total. The van der Waals surface area contributed by atoms with Crippen LogP contribution in [-0.4, -0.2) is 41.9 Å². The lowest BCUT2D eigenvalue weighted by atomic mass is 10.2. The van der Waals surface area contributed by atoms with Crippen molar-refractivity contribution in [1.29, 1.82) is 0 Å². The minimum Gasteiger partial charge on any atom is -0.377 e. The second kappa shape index (κ2) is 8.64. The first-order valence-corrected chi connectivity index (χ1v) is 11.6. The molecule has 1 aliphatic heterocycles. The number of H-pyrrole nitrogens is 1. The molecular weight excluding hydrogens is 449 g/mol. The normalized spacial score (nSPS) is 17.1. The van der Waals surface area contributed by atoms with Gasteiger partial charge in [0.2, 0.25) is 10.0 Å². The molecule has 1 saturated heterocycles. The zero-order valence-corrected chi connectivity index (χ0v) is 18.2. The summed E-state index contributed by atoms with van der Waals surface area (Å²) in [5.41, 5.74) is 0.180. The number of halogens is 2. The predicted molar refractivity (Wildman–Crippen MR) is 115 cm³/mol. The Morgan fingerprint density at radius 2 is 1.97 bits per heavy atom. The third-order valence-corrected chi connectivity index (χ3v) is 7.49. The Kier molecular flexibility index (Phi) is 6.13. The number of hydrogen-bond donors (Lipinski definition) is 1. The molecule has 4 rings (SSSR count). The first-order valence-electron chi connectivity index (χ1n) is 9.39. The highest BCUT2D eigenvalue weighted by molar-refractivity contribution is 7.89. The van der Waals surface area contributed by atoms with E-state index < -0.39 is 10.0 Å². The first kappa shape index (κ1) is 21.3. The maximum Gasteiger partial charge on any atom is 0.258 e. The van der Waals surface area contributed by atoms with Gasteiger partial charge in [0.05, 0.1) is 38.5 Å². The summed E-state index contributed by atoms with van der Waals surface area (Å²) in [6.45, 7) is 0.623. The summed E-state index contributed by atoms with van der Waals surface area (Å²) in [5.74, 6) is 0.250. The highest BCUT2D eigenvalue weighted by Crippen LogP contribution is 2.28. The topological polar surface area (TPSA) is 92.4 Å². The number of ether oxygens (including phenoxy) is 1. The van der Waals surface area contributed by atoms with Gasteiger partial charge in [0.25, 0.3) is 5.56 Å². The Balaban J connectivity index is 1.72. The SMILES string of the molecule is O=c1[nH]c(CN(CC2CCCO2)S(=O)(=O)c2ccc(Cl)c(Cl)c2)nc2ccccc12. The average molecular weight is 468 g/mol. The molecule has 0 radical (unpaired) electrons. The van der Waals surface area contributed by atoms with Crippen LogP contribution in [0.1, 0.15) is 18.7 Å². The maximum absolute atomic E-state index is 13.4. The lowest BCUT2D eigenvalue weighted by Gasteiger charge is -2.24. The quantitative estimate of drug-likeness (QED) is 0.597. The Morgan fingerprint density at radius 1 is 1.17 bits per heavy atom. The smallest absolute Gasteiger partial charge is 0.258 e. The van der Waals surface area contributed by atoms with E-state index in [2.05, 4.69) is 9.97 Å². The van der Waals surface area contributed by atoms with Crippen LogP contribution in [0, 0.1) is 0 Å². The van der Waals surface area contributed by atoms with Crippen LogP contribution in [0.4, 0.5) is 0 Å². The second-order valence-electron chi connectivity index (χ2n) is 7.04. The molecule has 30 heavy (non-hydrogen) atoms. The van der Waals surface area contributed by atoms with Gasteiger partial charge in [-0.2, -0.15) is 4.31 Å². The maximum atomic E-state index is 13.4. The molecular formula is C20H19Cl2N3O4S. The number of para-hydroxylation sites is 1. The van der Waals surface area contributed by atoms with Crippen LogP contribution in [0.3, 0.4) is 0 Å². The lowest BCUT2D eigenvalue weighted by molar-refractivity contribution is 0.0921. The number of nitrogens with one attached hydrogen (secondary N) is 1. The van der Waals surface area contributed by atoms with Crippen LogP contribution in [0.5, 0.6) is 0 Å². The Labute approximate surface area is 183 Å². The van der Waals surface area contributed by atoms with Gasteiger partial charge in [-0.25, -0.2) is 13.4 Å². The van der Waals surface area contributed by atoms with Crippen molar-refractivity contribution in [3.05, 3.63) is 68.7 Å². The number of nitrogens with zero attached hydrogens (tertiary/aromatic N) is 2. The van der Waals surface area contributed by atoms with Crippen molar-refractivity contribution in [3.8, 4) is 0 Å². The standard InChI is InChI=1S/C20H19Cl2N3O4S/c21-16-8-7-14(10-17(16)22)30(27,28)25(11-13-4-3-9-29-13)12-19-23-18-6-2-1-5-15(18)20(26)24-19/h1-2,5-8,10,13H,3-4,9,11-12H2,(H,23,24,26). The molecule has 1 fully saturated rings. The Morgan fingerprint density at radius 3 is 2.70 bits per heavy atom. The van der Waals surface area contributed by atoms with Crippen LogP contribution in [-0.2, 0) is 21.3 Å². The average Bonchev–Trinajstić information content (AvgIpc) is 3.23. The van der Waals surface area contributed by atoms with Gasteiger partial charge in [-0.1, -0.05) is 35.3 Å². The zero-order chi connectivity index (χ0) is 21.3. The number of hydrogen-bond acceptors (Lipinski definition) is 5. The van der Waals surface area contributed by atoms with E-state index in [1.165, 1.54) is 22.5 Å². The lowest BCUT2D eigenvalue weighted by Crippen LogP contribution is -2.37. The first-order chi connectivity index (χ1) is 14.3. The van der Waals surface area contributed by atoms with Crippen LogP contribution in [0.25, 0.3) is 10.9 Å². The molecule has 1 atom stereocenters. The fourth-order valence-corrected chi connectivity index (χ4v) is 5.25. The summed E-state index contributed by atoms with van der Waals surface area (Å²) >= 11 is 12.0. The number of fused-ring (bicyclic) bond motifs is 1. The third-order valence-electron chi connectivity index (χ3n) is 4.95. The van der Waals surface area contributed by atoms with Crippen LogP contribution < -0.4 is 5.56 Å². The van der Waals surface area contributed by atoms with E-state index in [4.69, 9.17) is 27.9 Å². The van der Waals surface area contributed by atoms with E-state index in [-0.39, 0.29) is 45.5 Å². The fourth-order valence-electron chi connectivity index (χ4n) is 3.43. The molecule has 3 aromatic rings. The molecule has 0 saturated carbocycles. The molecule has 2 heterocycles. The minimum absolute atomic E-state index is 0.0121. The Bertz CT molecular complexity index is 1240. The predicted octanol–water partition coefficient (Wildman–Crippen LogP) is 3.60. The number of benzene rings is 2. The summed E-state index contributed by atoms with van der Waals surface area (Å²) in [4.78, 5) is 19.5. The Hall–Kier alpha value is -1.97. The molecule has 0 amide bonds. The number of aromatic amines is 1. The molecule has 0 aliphatic carbocycles. The largest absolute Gasteiger partial charge is 0.377 e. The van der Waals surface area contributed by atoms with Gasteiger partial charge in [-0.3, -0.25) is 4.79 Å². The molecule has 1 aromatic heterocycles. The fraction of sp³-hybridized carbons (Fsp3) is 0.300. The minimum atomic E-state index is -3.94. The van der Waals surface area contributed by atoms with Crippen molar-refractivity contribution >= 4 is 44.1 Å². The summed E-state index contributed by atoms with van der Waals surface area (Å²) < 4.78 is 33.7. The second-order valence-corrected chi connectivity index (χ2v) is 9.79. The summed E-state index contributed by atoms with van der Waals surface area (Å²) in [6.07, 6.45) is 1.40. The zero-order valence-electron chi connectivity index (χ0n) is 15.8. The van der Waals surface area contributed by atoms with Crippen molar-refractivity contribution in [2.45, 2.75) is 30.4 Å². The van der Waals surface area contributed by atoms with Crippen LogP contribution in [0.15, 0.2) is 52.2 Å².